The topological polar surface area (TPSA) is 67.9 Å². The van der Waals surface area contributed by atoms with Crippen molar-refractivity contribution in [3.63, 3.8) is 0 Å². The average Bonchev–Trinajstić information content (AvgIpc) is 2.33. The van der Waals surface area contributed by atoms with Crippen molar-refractivity contribution >= 4 is 11.9 Å². The Kier molecular flexibility index (Phi) is 6.57. The highest BCUT2D eigenvalue weighted by molar-refractivity contribution is 5.80. The lowest BCUT2D eigenvalue weighted by atomic mass is 10.3. The molecule has 0 aliphatic carbocycles. The van der Waals surface area contributed by atoms with Gasteiger partial charge in [0.15, 0.2) is 0 Å². The fraction of sp³-hybridized carbons (Fsp3) is 0.818. The molecular formula is C11H20N2O4. The van der Waals surface area contributed by atoms with Gasteiger partial charge in [0.05, 0.1) is 19.8 Å². The minimum Gasteiger partial charge on any atom is -0.464 e. The second-order valence-corrected chi connectivity index (χ2v) is 3.94. The zero-order valence-electron chi connectivity index (χ0n) is 10.2. The smallest absolute Gasteiger partial charge is 0.325 e. The first-order valence-corrected chi connectivity index (χ1v) is 5.88. The van der Waals surface area contributed by atoms with Gasteiger partial charge in [0.2, 0.25) is 5.91 Å². The van der Waals surface area contributed by atoms with Crippen LogP contribution in [0.15, 0.2) is 0 Å². The van der Waals surface area contributed by atoms with Crippen molar-refractivity contribution in [1.82, 2.24) is 10.2 Å². The lowest BCUT2D eigenvalue weighted by molar-refractivity contribution is -0.144. The van der Waals surface area contributed by atoms with Crippen LogP contribution in [0.5, 0.6) is 0 Å². The largest absolute Gasteiger partial charge is 0.464 e. The quantitative estimate of drug-likeness (QED) is 0.498. The van der Waals surface area contributed by atoms with Crippen molar-refractivity contribution in [1.29, 1.82) is 0 Å². The number of ether oxygens (including phenoxy) is 2. The molecule has 1 aliphatic rings. The molecule has 6 nitrogen and oxygen atoms in total. The zero-order valence-corrected chi connectivity index (χ0v) is 10.2. The average molecular weight is 244 g/mol. The maximum Gasteiger partial charge on any atom is 0.325 e. The summed E-state index contributed by atoms with van der Waals surface area (Å²) < 4.78 is 10.2. The van der Waals surface area contributed by atoms with Gasteiger partial charge in [0, 0.05) is 26.6 Å². The Bertz CT molecular complexity index is 252. The molecule has 1 rings (SSSR count). The summed E-state index contributed by atoms with van der Waals surface area (Å²) in [5.74, 6) is -0.613. The van der Waals surface area contributed by atoms with Crippen molar-refractivity contribution in [3.05, 3.63) is 0 Å². The van der Waals surface area contributed by atoms with Crippen LogP contribution in [0.2, 0.25) is 0 Å². The summed E-state index contributed by atoms with van der Waals surface area (Å²) in [5.41, 5.74) is 0. The second-order valence-electron chi connectivity index (χ2n) is 3.94. The Hall–Kier alpha value is -1.14. The van der Waals surface area contributed by atoms with Crippen molar-refractivity contribution < 1.29 is 19.1 Å². The Labute approximate surface area is 101 Å². The van der Waals surface area contributed by atoms with Crippen LogP contribution in [0, 0.1) is 0 Å². The van der Waals surface area contributed by atoms with E-state index in [0.29, 0.717) is 6.61 Å². The third kappa shape index (κ3) is 6.91. The fourth-order valence-corrected chi connectivity index (χ4v) is 1.55. The Morgan fingerprint density at radius 1 is 1.35 bits per heavy atom. The number of morpholine rings is 1. The van der Waals surface area contributed by atoms with E-state index in [9.17, 15) is 9.59 Å². The number of carbonyl (C=O) groups excluding carboxylic acids is 2. The summed E-state index contributed by atoms with van der Waals surface area (Å²) in [5, 5.41) is 2.40. The Morgan fingerprint density at radius 3 is 2.71 bits per heavy atom. The number of nitrogens with one attached hydrogen (secondary N) is 1. The summed E-state index contributed by atoms with van der Waals surface area (Å²) in [7, 11) is 0. The Morgan fingerprint density at radius 2 is 2.06 bits per heavy atom. The molecule has 0 atom stereocenters. The number of carbonyl (C=O) groups is 2. The highest BCUT2D eigenvalue weighted by Gasteiger charge is 2.10. The predicted molar refractivity (Wildman–Crippen MR) is 61.5 cm³/mol. The molecule has 0 radical (unpaired) electrons. The molecule has 1 heterocycles. The predicted octanol–water partition coefficient (Wildman–Crippen LogP) is -0.612. The number of rotatable bonds is 6. The fourth-order valence-electron chi connectivity index (χ4n) is 1.55. The molecule has 0 saturated carbocycles. The molecule has 0 unspecified atom stereocenters. The van der Waals surface area contributed by atoms with E-state index in [1.165, 1.54) is 6.92 Å². The minimum absolute atomic E-state index is 0.0487. The molecule has 6 heteroatoms. The van der Waals surface area contributed by atoms with Gasteiger partial charge in [-0.1, -0.05) is 0 Å². The molecule has 0 aromatic heterocycles. The van der Waals surface area contributed by atoms with E-state index in [4.69, 9.17) is 9.47 Å². The molecule has 1 N–H and O–H groups in total. The first kappa shape index (κ1) is 13.9. The second kappa shape index (κ2) is 8.03. The zero-order chi connectivity index (χ0) is 12.5. The van der Waals surface area contributed by atoms with E-state index in [1.54, 1.807) is 0 Å². The van der Waals surface area contributed by atoms with Crippen LogP contribution < -0.4 is 5.32 Å². The molecule has 0 aromatic carbocycles. The highest BCUT2D eigenvalue weighted by Crippen LogP contribution is 1.98. The van der Waals surface area contributed by atoms with Crippen LogP contribution in [0.4, 0.5) is 0 Å². The van der Waals surface area contributed by atoms with E-state index in [1.807, 2.05) is 0 Å². The summed E-state index contributed by atoms with van der Waals surface area (Å²) >= 11 is 0. The molecule has 1 amide bonds. The molecule has 0 aromatic rings. The monoisotopic (exact) mass is 244 g/mol. The van der Waals surface area contributed by atoms with Gasteiger partial charge in [0.25, 0.3) is 0 Å². The van der Waals surface area contributed by atoms with Gasteiger partial charge < -0.3 is 14.8 Å². The van der Waals surface area contributed by atoms with Gasteiger partial charge in [-0.3, -0.25) is 14.5 Å². The molecule has 1 aliphatic heterocycles. The van der Waals surface area contributed by atoms with E-state index >= 15 is 0 Å². The number of hydrogen-bond donors (Lipinski definition) is 1. The summed E-state index contributed by atoms with van der Waals surface area (Å²) in [4.78, 5) is 24.0. The molecule has 1 saturated heterocycles. The maximum atomic E-state index is 11.1. The highest BCUT2D eigenvalue weighted by atomic mass is 16.5. The molecule has 0 spiro atoms. The Balaban J connectivity index is 1.95. The summed E-state index contributed by atoms with van der Waals surface area (Å²) in [6.45, 7) is 6.08. The molecular weight excluding hydrogens is 224 g/mol. The van der Waals surface area contributed by atoms with Crippen LogP contribution >= 0.6 is 0 Å². The summed E-state index contributed by atoms with van der Waals surface area (Å²) in [6.07, 6.45) is 0.811. The first-order chi connectivity index (χ1) is 8.18. The van der Waals surface area contributed by atoms with Crippen molar-refractivity contribution in [2.75, 3.05) is 46.0 Å². The normalized spacial score (nSPS) is 16.5. The summed E-state index contributed by atoms with van der Waals surface area (Å²) in [6, 6.07) is 0. The van der Waals surface area contributed by atoms with Gasteiger partial charge in [-0.05, 0) is 6.42 Å². The van der Waals surface area contributed by atoms with Crippen LogP contribution in [0.1, 0.15) is 13.3 Å². The van der Waals surface area contributed by atoms with Crippen LogP contribution in [0.25, 0.3) is 0 Å². The van der Waals surface area contributed by atoms with Crippen LogP contribution in [0.3, 0.4) is 0 Å². The van der Waals surface area contributed by atoms with Crippen molar-refractivity contribution in [2.24, 2.45) is 0 Å². The molecule has 17 heavy (non-hydrogen) atoms. The standard InChI is InChI=1S/C11H20N2O4/c1-10(14)12-9-11(15)17-6-2-3-13-4-7-16-8-5-13/h2-9H2,1H3,(H,12,14). The van der Waals surface area contributed by atoms with Gasteiger partial charge in [-0.2, -0.15) is 0 Å². The van der Waals surface area contributed by atoms with E-state index < -0.39 is 0 Å². The molecule has 0 bridgehead atoms. The number of hydrogen-bond acceptors (Lipinski definition) is 5. The third-order valence-corrected chi connectivity index (χ3v) is 2.47. The van der Waals surface area contributed by atoms with Gasteiger partial charge >= 0.3 is 5.97 Å². The maximum absolute atomic E-state index is 11.1. The van der Waals surface area contributed by atoms with Crippen molar-refractivity contribution in [3.8, 4) is 0 Å². The van der Waals surface area contributed by atoms with Crippen LogP contribution in [-0.4, -0.2) is 62.8 Å². The van der Waals surface area contributed by atoms with Gasteiger partial charge in [0.1, 0.15) is 6.54 Å². The lowest BCUT2D eigenvalue weighted by Crippen LogP contribution is -2.37. The van der Waals surface area contributed by atoms with Gasteiger partial charge in [-0.15, -0.1) is 0 Å². The third-order valence-electron chi connectivity index (χ3n) is 2.47. The molecule has 1 fully saturated rings. The van der Waals surface area contributed by atoms with Crippen molar-refractivity contribution in [2.45, 2.75) is 13.3 Å². The SMILES string of the molecule is CC(=O)NCC(=O)OCCCN1CCOCC1. The van der Waals surface area contributed by atoms with Gasteiger partial charge in [-0.25, -0.2) is 0 Å². The van der Waals surface area contributed by atoms with E-state index in [0.717, 1.165) is 39.3 Å². The van der Waals surface area contributed by atoms with Crippen LogP contribution in [-0.2, 0) is 19.1 Å². The number of esters is 1. The molecule has 98 valence electrons. The van der Waals surface area contributed by atoms with E-state index in [2.05, 4.69) is 10.2 Å². The lowest BCUT2D eigenvalue weighted by Gasteiger charge is -2.26. The number of amides is 1. The minimum atomic E-state index is -0.387. The van der Waals surface area contributed by atoms with E-state index in [-0.39, 0.29) is 18.4 Å². The first-order valence-electron chi connectivity index (χ1n) is 5.88. The number of nitrogens with zero attached hydrogens (tertiary/aromatic N) is 1.